The molecule has 0 saturated carbocycles. The highest BCUT2D eigenvalue weighted by atomic mass is 16.5. The number of methoxy groups -OCH3 is 1. The number of hydrogen-bond acceptors (Lipinski definition) is 5. The van der Waals surface area contributed by atoms with E-state index in [0.29, 0.717) is 19.7 Å². The minimum absolute atomic E-state index is 0.175. The molecule has 2 N–H and O–H groups in total. The second-order valence-electron chi connectivity index (χ2n) is 6.64. The van der Waals surface area contributed by atoms with Crippen LogP contribution in [0.2, 0.25) is 0 Å². The van der Waals surface area contributed by atoms with E-state index < -0.39 is 0 Å². The van der Waals surface area contributed by atoms with Crippen molar-refractivity contribution in [3.05, 3.63) is 48.3 Å². The number of ether oxygens (including phenoxy) is 1. The lowest BCUT2D eigenvalue weighted by atomic mass is 10.2. The Morgan fingerprint density at radius 2 is 1.93 bits per heavy atom. The summed E-state index contributed by atoms with van der Waals surface area (Å²) in [5, 5.41) is 6.71. The second-order valence-corrected chi connectivity index (χ2v) is 6.64. The molecule has 0 aromatic carbocycles. The van der Waals surface area contributed by atoms with E-state index in [1.807, 2.05) is 24.3 Å². The van der Waals surface area contributed by atoms with Crippen LogP contribution in [0.1, 0.15) is 30.4 Å². The van der Waals surface area contributed by atoms with Crippen molar-refractivity contribution in [3.8, 4) is 0 Å². The minimum atomic E-state index is 0.175. The molecule has 7 nitrogen and oxygen atoms in total. The highest BCUT2D eigenvalue weighted by Crippen LogP contribution is 2.25. The number of nitrogens with one attached hydrogen (secondary N) is 2. The maximum atomic E-state index is 5.68. The second kappa shape index (κ2) is 10.8. The van der Waals surface area contributed by atoms with Crippen LogP contribution >= 0.6 is 0 Å². The van der Waals surface area contributed by atoms with Gasteiger partial charge >= 0.3 is 0 Å². The number of aliphatic imine (C=N–C) groups is 1. The maximum Gasteiger partial charge on any atom is 0.191 e. The van der Waals surface area contributed by atoms with Crippen molar-refractivity contribution in [2.24, 2.45) is 4.99 Å². The van der Waals surface area contributed by atoms with E-state index >= 15 is 0 Å². The summed E-state index contributed by atoms with van der Waals surface area (Å²) in [5.41, 5.74) is 0. The van der Waals surface area contributed by atoms with Gasteiger partial charge in [0, 0.05) is 26.6 Å². The third-order valence-electron chi connectivity index (χ3n) is 4.72. The van der Waals surface area contributed by atoms with Crippen LogP contribution in [0.5, 0.6) is 0 Å². The molecule has 0 amide bonds. The van der Waals surface area contributed by atoms with Crippen molar-refractivity contribution in [1.82, 2.24) is 15.5 Å². The van der Waals surface area contributed by atoms with Crippen LogP contribution in [0.15, 0.2) is 50.6 Å². The Morgan fingerprint density at radius 3 is 2.63 bits per heavy atom. The first-order valence-corrected chi connectivity index (χ1v) is 9.68. The van der Waals surface area contributed by atoms with Gasteiger partial charge < -0.3 is 24.2 Å². The van der Waals surface area contributed by atoms with Gasteiger partial charge in [-0.2, -0.15) is 0 Å². The fourth-order valence-corrected chi connectivity index (χ4v) is 3.30. The average molecular weight is 374 g/mol. The first-order chi connectivity index (χ1) is 13.4. The molecule has 1 unspecified atom stereocenters. The number of furan rings is 2. The molecule has 1 aliphatic rings. The Kier molecular flexibility index (Phi) is 7.80. The zero-order valence-electron chi connectivity index (χ0n) is 16.0. The Balaban J connectivity index is 1.60. The molecule has 0 radical (unpaired) electrons. The van der Waals surface area contributed by atoms with Gasteiger partial charge in [0.05, 0.1) is 31.7 Å². The summed E-state index contributed by atoms with van der Waals surface area (Å²) in [4.78, 5) is 7.28. The van der Waals surface area contributed by atoms with Gasteiger partial charge in [0.1, 0.15) is 11.5 Å². The first-order valence-electron chi connectivity index (χ1n) is 9.68. The molecule has 1 saturated heterocycles. The Hall–Kier alpha value is -2.25. The monoisotopic (exact) mass is 374 g/mol. The van der Waals surface area contributed by atoms with Crippen LogP contribution in [0.3, 0.4) is 0 Å². The summed E-state index contributed by atoms with van der Waals surface area (Å²) < 4.78 is 16.2. The van der Waals surface area contributed by atoms with Crippen LogP contribution in [-0.4, -0.2) is 57.3 Å². The predicted molar refractivity (Wildman–Crippen MR) is 105 cm³/mol. The Morgan fingerprint density at radius 1 is 1.15 bits per heavy atom. The summed E-state index contributed by atoms with van der Waals surface area (Å²) in [6.45, 7) is 4.93. The van der Waals surface area contributed by atoms with Gasteiger partial charge in [0.15, 0.2) is 5.96 Å². The largest absolute Gasteiger partial charge is 0.469 e. The first kappa shape index (κ1) is 19.5. The van der Waals surface area contributed by atoms with Crippen LogP contribution in [0.25, 0.3) is 0 Å². The van der Waals surface area contributed by atoms with Crippen molar-refractivity contribution < 1.29 is 13.6 Å². The third-order valence-corrected chi connectivity index (χ3v) is 4.72. The number of nitrogens with zero attached hydrogens (tertiary/aromatic N) is 2. The number of likely N-dealkylation sites (tertiary alicyclic amines) is 1. The van der Waals surface area contributed by atoms with Crippen LogP contribution < -0.4 is 10.6 Å². The van der Waals surface area contributed by atoms with Crippen molar-refractivity contribution in [1.29, 1.82) is 0 Å². The third kappa shape index (κ3) is 6.15. The molecule has 2 aromatic rings. The number of guanidine groups is 1. The van der Waals surface area contributed by atoms with Gasteiger partial charge in [-0.05, 0) is 50.2 Å². The van der Waals surface area contributed by atoms with E-state index in [4.69, 9.17) is 18.6 Å². The van der Waals surface area contributed by atoms with E-state index in [-0.39, 0.29) is 6.04 Å². The Labute approximate surface area is 160 Å². The fraction of sp³-hybridized carbons (Fsp3) is 0.550. The van der Waals surface area contributed by atoms with Gasteiger partial charge in [-0.15, -0.1) is 0 Å². The quantitative estimate of drug-likeness (QED) is 0.378. The van der Waals surface area contributed by atoms with Crippen LogP contribution in [0, 0.1) is 0 Å². The summed E-state index contributed by atoms with van der Waals surface area (Å²) in [7, 11) is 1.70. The number of rotatable bonds is 10. The molecule has 3 heterocycles. The maximum absolute atomic E-state index is 5.68. The molecule has 1 aliphatic heterocycles. The Bertz CT molecular complexity index is 649. The van der Waals surface area contributed by atoms with E-state index in [1.165, 1.54) is 12.8 Å². The van der Waals surface area contributed by atoms with Crippen molar-refractivity contribution >= 4 is 5.96 Å². The van der Waals surface area contributed by atoms with E-state index in [0.717, 1.165) is 43.5 Å². The molecular formula is C20H30N4O3. The summed E-state index contributed by atoms with van der Waals surface area (Å²) in [6, 6.07) is 8.05. The molecule has 0 aliphatic carbocycles. The minimum Gasteiger partial charge on any atom is -0.469 e. The molecule has 0 bridgehead atoms. The van der Waals surface area contributed by atoms with E-state index in [9.17, 15) is 0 Å². The molecule has 7 heteroatoms. The van der Waals surface area contributed by atoms with E-state index in [2.05, 4.69) is 15.5 Å². The fourth-order valence-electron chi connectivity index (χ4n) is 3.30. The van der Waals surface area contributed by atoms with Crippen molar-refractivity contribution in [2.75, 3.05) is 46.4 Å². The van der Waals surface area contributed by atoms with Crippen LogP contribution in [0.4, 0.5) is 0 Å². The molecule has 1 fully saturated rings. The van der Waals surface area contributed by atoms with Crippen molar-refractivity contribution in [3.63, 3.8) is 0 Å². The highest BCUT2D eigenvalue weighted by molar-refractivity contribution is 5.79. The SMILES string of the molecule is COCCNC(=NCC(c1ccco1)N1CCCC1)NCCc1ccco1. The topological polar surface area (TPSA) is 75.2 Å². The smallest absolute Gasteiger partial charge is 0.191 e. The van der Waals surface area contributed by atoms with Gasteiger partial charge in [-0.1, -0.05) is 0 Å². The van der Waals surface area contributed by atoms with E-state index in [1.54, 1.807) is 19.6 Å². The number of hydrogen-bond donors (Lipinski definition) is 2. The molecule has 148 valence electrons. The summed E-state index contributed by atoms with van der Waals surface area (Å²) >= 11 is 0. The lowest BCUT2D eigenvalue weighted by Gasteiger charge is -2.24. The predicted octanol–water partition coefficient (Wildman–Crippen LogP) is 2.43. The molecular weight excluding hydrogens is 344 g/mol. The summed E-state index contributed by atoms with van der Waals surface area (Å²) in [5.74, 6) is 2.73. The van der Waals surface area contributed by atoms with Gasteiger partial charge in [-0.3, -0.25) is 9.89 Å². The normalized spacial score (nSPS) is 16.6. The molecule has 27 heavy (non-hydrogen) atoms. The lowest BCUT2D eigenvalue weighted by Crippen LogP contribution is -2.40. The van der Waals surface area contributed by atoms with Gasteiger partial charge in [-0.25, -0.2) is 0 Å². The molecule has 2 aromatic heterocycles. The van der Waals surface area contributed by atoms with Crippen LogP contribution in [-0.2, 0) is 11.2 Å². The molecule has 1 atom stereocenters. The zero-order chi connectivity index (χ0) is 18.7. The van der Waals surface area contributed by atoms with Crippen molar-refractivity contribution in [2.45, 2.75) is 25.3 Å². The summed E-state index contributed by atoms with van der Waals surface area (Å²) in [6.07, 6.45) is 6.72. The lowest BCUT2D eigenvalue weighted by molar-refractivity contribution is 0.203. The standard InChI is InChI=1S/C20H30N4O3/c1-25-15-10-22-20(21-9-8-17-6-4-13-26-17)23-16-18(19-7-5-14-27-19)24-11-2-3-12-24/h4-7,13-14,18H,2-3,8-12,15-16H2,1H3,(H2,21,22,23). The molecule has 3 rings (SSSR count). The zero-order valence-corrected chi connectivity index (χ0v) is 16.0. The van der Waals surface area contributed by atoms with Gasteiger partial charge in [0.2, 0.25) is 0 Å². The molecule has 0 spiro atoms. The average Bonchev–Trinajstić information content (AvgIpc) is 3.45. The van der Waals surface area contributed by atoms with Gasteiger partial charge in [0.25, 0.3) is 0 Å². The highest BCUT2D eigenvalue weighted by Gasteiger charge is 2.25.